The molecule has 0 amide bonds. The Balaban J connectivity index is 0.00000121. The van der Waals surface area contributed by atoms with Crippen LogP contribution in [0.2, 0.25) is 0 Å². The van der Waals surface area contributed by atoms with E-state index in [0.29, 0.717) is 6.04 Å². The van der Waals surface area contributed by atoms with Gasteiger partial charge in [0.1, 0.15) is 12.4 Å². The maximum atomic E-state index is 3.68. The Hall–Kier alpha value is -0.760. The lowest BCUT2D eigenvalue weighted by Crippen LogP contribution is -3.00. The van der Waals surface area contributed by atoms with E-state index in [4.69, 9.17) is 0 Å². The second-order valence-electron chi connectivity index (χ2n) is 2.75. The monoisotopic (exact) mass is 186 g/mol. The van der Waals surface area contributed by atoms with Crippen molar-refractivity contribution in [3.63, 3.8) is 0 Å². The van der Waals surface area contributed by atoms with E-state index >= 15 is 0 Å². The number of halogens is 1. The van der Waals surface area contributed by atoms with Crippen LogP contribution in [-0.2, 0) is 0 Å². The highest BCUT2D eigenvalue weighted by molar-refractivity contribution is 4.95. The average molecular weight is 187 g/mol. The van der Waals surface area contributed by atoms with Crippen molar-refractivity contribution in [3.8, 4) is 0 Å². The van der Waals surface area contributed by atoms with Crippen LogP contribution >= 0.6 is 0 Å². The van der Waals surface area contributed by atoms with Gasteiger partial charge in [0.15, 0.2) is 0 Å². The van der Waals surface area contributed by atoms with E-state index in [2.05, 4.69) is 31.2 Å². The summed E-state index contributed by atoms with van der Waals surface area (Å²) in [7, 11) is 0. The predicted molar refractivity (Wildman–Crippen MR) is 46.0 cm³/mol. The van der Waals surface area contributed by atoms with E-state index in [1.54, 1.807) is 6.20 Å². The first kappa shape index (κ1) is 11.2. The van der Waals surface area contributed by atoms with Crippen molar-refractivity contribution in [2.45, 2.75) is 26.3 Å². The van der Waals surface area contributed by atoms with Gasteiger partial charge in [-0.25, -0.2) is 9.13 Å². The fourth-order valence-electron chi connectivity index (χ4n) is 0.964. The molecule has 12 heavy (non-hydrogen) atoms. The van der Waals surface area contributed by atoms with Crippen LogP contribution in [0.5, 0.6) is 0 Å². The lowest BCUT2D eigenvalue weighted by Gasteiger charge is -2.01. The van der Waals surface area contributed by atoms with Crippen LogP contribution in [0.4, 0.5) is 0 Å². The molecule has 0 N–H and O–H groups in total. The van der Waals surface area contributed by atoms with Gasteiger partial charge in [0, 0.05) is 0 Å². The molecule has 2 nitrogen and oxygen atoms in total. The highest BCUT2D eigenvalue weighted by atomic mass is 35.5. The molecule has 0 aliphatic rings. The number of aromatic nitrogens is 2. The summed E-state index contributed by atoms with van der Waals surface area (Å²) in [6.07, 6.45) is 9.06. The fraction of sp³-hybridized carbons (Fsp3) is 0.444. The minimum absolute atomic E-state index is 0. The van der Waals surface area contributed by atoms with Gasteiger partial charge in [-0.1, -0.05) is 13.5 Å². The summed E-state index contributed by atoms with van der Waals surface area (Å²) in [5.74, 6) is 0. The third kappa shape index (κ3) is 2.38. The molecule has 1 heterocycles. The molecule has 0 radical (unpaired) electrons. The van der Waals surface area contributed by atoms with E-state index in [1.165, 1.54) is 0 Å². The van der Waals surface area contributed by atoms with Crippen molar-refractivity contribution < 1.29 is 17.0 Å². The molecule has 0 aliphatic carbocycles. The molecule has 1 aromatic rings. The SMILES string of the molecule is C=C[n+]1ccn(C(C)CC)c1.[Cl-]. The molecule has 0 aromatic carbocycles. The molecule has 1 unspecified atom stereocenters. The van der Waals surface area contributed by atoms with Crippen LogP contribution < -0.4 is 17.0 Å². The third-order valence-corrected chi connectivity index (χ3v) is 1.99. The summed E-state index contributed by atoms with van der Waals surface area (Å²) in [5, 5.41) is 0. The zero-order chi connectivity index (χ0) is 8.27. The third-order valence-electron chi connectivity index (χ3n) is 1.99. The van der Waals surface area contributed by atoms with Crippen molar-refractivity contribution in [2.24, 2.45) is 0 Å². The Labute approximate surface area is 79.9 Å². The Morgan fingerprint density at radius 3 is 2.75 bits per heavy atom. The summed E-state index contributed by atoms with van der Waals surface area (Å²) in [6.45, 7) is 8.06. The van der Waals surface area contributed by atoms with Gasteiger partial charge in [-0.3, -0.25) is 0 Å². The summed E-state index contributed by atoms with van der Waals surface area (Å²) < 4.78 is 4.13. The summed E-state index contributed by atoms with van der Waals surface area (Å²) >= 11 is 0. The lowest BCUT2D eigenvalue weighted by atomic mass is 10.3. The van der Waals surface area contributed by atoms with E-state index in [9.17, 15) is 0 Å². The fourth-order valence-corrected chi connectivity index (χ4v) is 0.964. The molecule has 0 bridgehead atoms. The van der Waals surface area contributed by atoms with Crippen LogP contribution in [0.25, 0.3) is 6.20 Å². The highest BCUT2D eigenvalue weighted by Crippen LogP contribution is 2.06. The first-order chi connectivity index (χ1) is 5.27. The van der Waals surface area contributed by atoms with E-state index in [-0.39, 0.29) is 12.4 Å². The van der Waals surface area contributed by atoms with Crippen molar-refractivity contribution in [1.82, 2.24) is 4.57 Å². The molecule has 0 aliphatic heterocycles. The van der Waals surface area contributed by atoms with Gasteiger partial charge < -0.3 is 12.4 Å². The topological polar surface area (TPSA) is 8.81 Å². The summed E-state index contributed by atoms with van der Waals surface area (Å²) in [6, 6.07) is 0.580. The van der Waals surface area contributed by atoms with Gasteiger partial charge in [0.05, 0.1) is 12.2 Å². The lowest BCUT2D eigenvalue weighted by molar-refractivity contribution is -0.567. The molecule has 68 valence electrons. The summed E-state index contributed by atoms with van der Waals surface area (Å²) in [4.78, 5) is 0. The zero-order valence-corrected chi connectivity index (χ0v) is 8.33. The van der Waals surface area contributed by atoms with Gasteiger partial charge in [-0.15, -0.1) is 0 Å². The van der Waals surface area contributed by atoms with Gasteiger partial charge in [-0.2, -0.15) is 0 Å². The number of imidazole rings is 1. The molecule has 0 saturated heterocycles. The average Bonchev–Trinajstić information content (AvgIpc) is 2.50. The predicted octanol–water partition coefficient (Wildman–Crippen LogP) is -1.15. The minimum Gasteiger partial charge on any atom is -1.00 e. The molecule has 0 saturated carbocycles. The van der Waals surface area contributed by atoms with Gasteiger partial charge in [0.2, 0.25) is 6.33 Å². The molecule has 1 atom stereocenters. The Bertz CT molecular complexity index is 242. The quantitative estimate of drug-likeness (QED) is 0.528. The first-order valence-corrected chi connectivity index (χ1v) is 3.98. The zero-order valence-electron chi connectivity index (χ0n) is 7.57. The van der Waals surface area contributed by atoms with Crippen molar-refractivity contribution in [1.29, 1.82) is 0 Å². The van der Waals surface area contributed by atoms with Crippen LogP contribution in [0.1, 0.15) is 26.3 Å². The first-order valence-electron chi connectivity index (χ1n) is 3.98. The molecular formula is C9H15ClN2. The second kappa shape index (κ2) is 4.99. The van der Waals surface area contributed by atoms with Gasteiger partial charge >= 0.3 is 0 Å². The molecule has 0 fully saturated rings. The number of rotatable bonds is 3. The van der Waals surface area contributed by atoms with Crippen molar-refractivity contribution in [3.05, 3.63) is 25.3 Å². The molecular weight excluding hydrogens is 172 g/mol. The molecule has 1 rings (SSSR count). The van der Waals surface area contributed by atoms with Crippen molar-refractivity contribution >= 4 is 6.20 Å². The summed E-state index contributed by atoms with van der Waals surface area (Å²) in [5.41, 5.74) is 0. The van der Waals surface area contributed by atoms with Crippen LogP contribution in [0.3, 0.4) is 0 Å². The Kier molecular flexibility index (Phi) is 4.67. The van der Waals surface area contributed by atoms with Crippen LogP contribution in [0, 0.1) is 0 Å². The van der Waals surface area contributed by atoms with E-state index in [0.717, 1.165) is 6.42 Å². The van der Waals surface area contributed by atoms with Crippen LogP contribution in [0.15, 0.2) is 25.3 Å². The Morgan fingerprint density at radius 1 is 1.67 bits per heavy atom. The molecule has 0 spiro atoms. The normalized spacial score (nSPS) is 11.8. The maximum absolute atomic E-state index is 3.68. The number of nitrogens with zero attached hydrogens (tertiary/aromatic N) is 2. The van der Waals surface area contributed by atoms with Gasteiger partial charge in [-0.05, 0) is 13.3 Å². The second-order valence-corrected chi connectivity index (χ2v) is 2.75. The highest BCUT2D eigenvalue weighted by Gasteiger charge is 2.06. The molecule has 1 aromatic heterocycles. The number of hydrogen-bond donors (Lipinski definition) is 0. The van der Waals surface area contributed by atoms with E-state index < -0.39 is 0 Å². The number of hydrogen-bond acceptors (Lipinski definition) is 0. The van der Waals surface area contributed by atoms with Crippen molar-refractivity contribution in [2.75, 3.05) is 0 Å². The standard InChI is InChI=1S/C9H15N2.ClH/c1-4-9(3)11-7-6-10(5-2)8-11;/h5-9H,2,4H2,1,3H3;1H/q+1;/p-1. The van der Waals surface area contributed by atoms with E-state index in [1.807, 2.05) is 17.1 Å². The van der Waals surface area contributed by atoms with Crippen LogP contribution in [-0.4, -0.2) is 4.57 Å². The maximum Gasteiger partial charge on any atom is 0.248 e. The molecule has 3 heteroatoms. The minimum atomic E-state index is 0. The largest absolute Gasteiger partial charge is 1.00 e. The smallest absolute Gasteiger partial charge is 0.248 e. The Morgan fingerprint density at radius 2 is 2.33 bits per heavy atom. The van der Waals surface area contributed by atoms with Gasteiger partial charge in [0.25, 0.3) is 0 Å².